The van der Waals surface area contributed by atoms with Crippen molar-refractivity contribution >= 4 is 17.3 Å². The van der Waals surface area contributed by atoms with E-state index in [1.165, 1.54) is 5.56 Å². The van der Waals surface area contributed by atoms with E-state index in [9.17, 15) is 0 Å². The molecule has 2 nitrogen and oxygen atoms in total. The van der Waals surface area contributed by atoms with Crippen molar-refractivity contribution in [3.8, 4) is 5.75 Å². The second-order valence-electron chi connectivity index (χ2n) is 5.03. The summed E-state index contributed by atoms with van der Waals surface area (Å²) in [6, 6.07) is 16.4. The summed E-state index contributed by atoms with van der Waals surface area (Å²) in [6.07, 6.45) is 2.02. The quantitative estimate of drug-likeness (QED) is 0.709. The molecule has 0 aliphatic rings. The molecule has 21 heavy (non-hydrogen) atoms. The second-order valence-corrected chi connectivity index (χ2v) is 5.47. The SMILES string of the molecule is CCCOc1cccc(NC(CC)c2ccc(Cl)cc2)c1. The van der Waals surface area contributed by atoms with Gasteiger partial charge in [0.25, 0.3) is 0 Å². The van der Waals surface area contributed by atoms with E-state index in [0.717, 1.165) is 35.9 Å². The Morgan fingerprint density at radius 3 is 2.52 bits per heavy atom. The predicted octanol–water partition coefficient (Wildman–Crippen LogP) is 5.69. The summed E-state index contributed by atoms with van der Waals surface area (Å²) < 4.78 is 5.68. The van der Waals surface area contributed by atoms with Gasteiger partial charge in [-0.2, -0.15) is 0 Å². The highest BCUT2D eigenvalue weighted by Crippen LogP contribution is 2.26. The second kappa shape index (κ2) is 7.94. The standard InChI is InChI=1S/C18H22ClNO/c1-3-12-21-17-7-5-6-16(13-17)20-18(4-2)14-8-10-15(19)11-9-14/h5-11,13,18,20H,3-4,12H2,1-2H3. The maximum absolute atomic E-state index is 5.95. The van der Waals surface area contributed by atoms with Gasteiger partial charge in [0, 0.05) is 16.8 Å². The normalized spacial score (nSPS) is 12.0. The Bertz CT molecular complexity index is 553. The van der Waals surface area contributed by atoms with Gasteiger partial charge in [0.2, 0.25) is 0 Å². The molecular formula is C18H22ClNO. The topological polar surface area (TPSA) is 21.3 Å². The average molecular weight is 304 g/mol. The number of rotatable bonds is 7. The van der Waals surface area contributed by atoms with Crippen molar-refractivity contribution in [3.63, 3.8) is 0 Å². The molecule has 0 aliphatic heterocycles. The molecule has 0 saturated carbocycles. The predicted molar refractivity (Wildman–Crippen MR) is 90.3 cm³/mol. The van der Waals surface area contributed by atoms with Crippen LogP contribution in [0.25, 0.3) is 0 Å². The van der Waals surface area contributed by atoms with Crippen molar-refractivity contribution in [1.29, 1.82) is 0 Å². The third-order valence-electron chi connectivity index (χ3n) is 3.33. The van der Waals surface area contributed by atoms with Gasteiger partial charge in [0.15, 0.2) is 0 Å². The van der Waals surface area contributed by atoms with E-state index in [2.05, 4.69) is 37.4 Å². The average Bonchev–Trinajstić information content (AvgIpc) is 2.52. The summed E-state index contributed by atoms with van der Waals surface area (Å²) >= 11 is 5.95. The highest BCUT2D eigenvalue weighted by atomic mass is 35.5. The Hall–Kier alpha value is -1.67. The Morgan fingerprint density at radius 2 is 1.86 bits per heavy atom. The first-order chi connectivity index (χ1) is 10.2. The van der Waals surface area contributed by atoms with Crippen LogP contribution < -0.4 is 10.1 Å². The molecule has 0 bridgehead atoms. The third-order valence-corrected chi connectivity index (χ3v) is 3.58. The van der Waals surface area contributed by atoms with E-state index in [1.54, 1.807) is 0 Å². The molecule has 0 aliphatic carbocycles. The zero-order valence-corrected chi connectivity index (χ0v) is 13.4. The van der Waals surface area contributed by atoms with Crippen molar-refractivity contribution in [1.82, 2.24) is 0 Å². The summed E-state index contributed by atoms with van der Waals surface area (Å²) in [5.74, 6) is 0.910. The molecule has 0 heterocycles. The molecule has 2 rings (SSSR count). The summed E-state index contributed by atoms with van der Waals surface area (Å²) in [5.41, 5.74) is 2.31. The largest absolute Gasteiger partial charge is 0.494 e. The van der Waals surface area contributed by atoms with Crippen molar-refractivity contribution in [2.45, 2.75) is 32.7 Å². The summed E-state index contributed by atoms with van der Waals surface area (Å²) in [5, 5.41) is 4.33. The van der Waals surface area contributed by atoms with E-state index in [-0.39, 0.29) is 6.04 Å². The number of nitrogens with one attached hydrogen (secondary N) is 1. The fourth-order valence-corrected chi connectivity index (χ4v) is 2.34. The molecule has 0 radical (unpaired) electrons. The fourth-order valence-electron chi connectivity index (χ4n) is 2.21. The van der Waals surface area contributed by atoms with Gasteiger partial charge in [-0.05, 0) is 42.7 Å². The molecule has 0 spiro atoms. The van der Waals surface area contributed by atoms with Crippen LogP contribution in [0, 0.1) is 0 Å². The van der Waals surface area contributed by atoms with Gasteiger partial charge in [-0.1, -0.05) is 43.6 Å². The molecule has 1 atom stereocenters. The van der Waals surface area contributed by atoms with Gasteiger partial charge in [0.05, 0.1) is 12.6 Å². The van der Waals surface area contributed by atoms with E-state index in [4.69, 9.17) is 16.3 Å². The highest BCUT2D eigenvalue weighted by Gasteiger charge is 2.09. The van der Waals surface area contributed by atoms with Crippen LogP contribution in [0.4, 0.5) is 5.69 Å². The Morgan fingerprint density at radius 1 is 1.10 bits per heavy atom. The first-order valence-electron chi connectivity index (χ1n) is 7.47. The number of hydrogen-bond donors (Lipinski definition) is 1. The Labute approximate surface area is 132 Å². The number of benzene rings is 2. The van der Waals surface area contributed by atoms with Crippen LogP contribution in [0.15, 0.2) is 48.5 Å². The van der Waals surface area contributed by atoms with Gasteiger partial charge in [0.1, 0.15) is 5.75 Å². The van der Waals surface area contributed by atoms with Crippen LogP contribution in [-0.4, -0.2) is 6.61 Å². The molecule has 2 aromatic rings. The molecule has 0 amide bonds. The lowest BCUT2D eigenvalue weighted by Gasteiger charge is -2.19. The smallest absolute Gasteiger partial charge is 0.121 e. The molecule has 2 aromatic carbocycles. The zero-order chi connectivity index (χ0) is 15.1. The van der Waals surface area contributed by atoms with Gasteiger partial charge < -0.3 is 10.1 Å². The molecule has 3 heteroatoms. The monoisotopic (exact) mass is 303 g/mol. The fraction of sp³-hybridized carbons (Fsp3) is 0.333. The maximum Gasteiger partial charge on any atom is 0.121 e. The number of hydrogen-bond acceptors (Lipinski definition) is 2. The maximum atomic E-state index is 5.95. The van der Waals surface area contributed by atoms with E-state index >= 15 is 0 Å². The first kappa shape index (κ1) is 15.7. The third kappa shape index (κ3) is 4.68. The van der Waals surface area contributed by atoms with Gasteiger partial charge >= 0.3 is 0 Å². The first-order valence-corrected chi connectivity index (χ1v) is 7.85. The van der Waals surface area contributed by atoms with Crippen molar-refractivity contribution < 1.29 is 4.74 Å². The van der Waals surface area contributed by atoms with Crippen LogP contribution in [-0.2, 0) is 0 Å². The Balaban J connectivity index is 2.09. The minimum absolute atomic E-state index is 0.267. The zero-order valence-electron chi connectivity index (χ0n) is 12.6. The van der Waals surface area contributed by atoms with Crippen LogP contribution in [0.3, 0.4) is 0 Å². The van der Waals surface area contributed by atoms with E-state index < -0.39 is 0 Å². The van der Waals surface area contributed by atoms with E-state index in [0.29, 0.717) is 0 Å². The molecule has 0 saturated heterocycles. The minimum Gasteiger partial charge on any atom is -0.494 e. The van der Waals surface area contributed by atoms with Gasteiger partial charge in [-0.25, -0.2) is 0 Å². The molecule has 0 fully saturated rings. The lowest BCUT2D eigenvalue weighted by atomic mass is 10.0. The summed E-state index contributed by atoms with van der Waals surface area (Å²) in [7, 11) is 0. The van der Waals surface area contributed by atoms with Crippen LogP contribution in [0.5, 0.6) is 5.75 Å². The van der Waals surface area contributed by atoms with Crippen molar-refractivity contribution in [2.75, 3.05) is 11.9 Å². The molecule has 112 valence electrons. The van der Waals surface area contributed by atoms with Gasteiger partial charge in [-0.15, -0.1) is 0 Å². The van der Waals surface area contributed by atoms with Crippen molar-refractivity contribution in [2.24, 2.45) is 0 Å². The number of anilines is 1. The lowest BCUT2D eigenvalue weighted by Crippen LogP contribution is -2.09. The highest BCUT2D eigenvalue weighted by molar-refractivity contribution is 6.30. The molecule has 0 aromatic heterocycles. The van der Waals surface area contributed by atoms with Crippen LogP contribution in [0.2, 0.25) is 5.02 Å². The molecular weight excluding hydrogens is 282 g/mol. The summed E-state index contributed by atoms with van der Waals surface area (Å²) in [4.78, 5) is 0. The molecule has 1 N–H and O–H groups in total. The van der Waals surface area contributed by atoms with Crippen LogP contribution in [0.1, 0.15) is 38.3 Å². The summed E-state index contributed by atoms with van der Waals surface area (Å²) in [6.45, 7) is 5.03. The van der Waals surface area contributed by atoms with Gasteiger partial charge in [-0.3, -0.25) is 0 Å². The molecule has 1 unspecified atom stereocenters. The number of ether oxygens (including phenoxy) is 1. The lowest BCUT2D eigenvalue weighted by molar-refractivity contribution is 0.317. The van der Waals surface area contributed by atoms with E-state index in [1.807, 2.05) is 30.3 Å². The number of halogens is 1. The Kier molecular flexibility index (Phi) is 5.94. The van der Waals surface area contributed by atoms with Crippen LogP contribution >= 0.6 is 11.6 Å². The van der Waals surface area contributed by atoms with Crippen molar-refractivity contribution in [3.05, 3.63) is 59.1 Å². The minimum atomic E-state index is 0.267.